The molecule has 2 unspecified atom stereocenters. The van der Waals surface area contributed by atoms with Gasteiger partial charge in [0.25, 0.3) is 5.56 Å². The smallest absolute Gasteiger partial charge is 0.387 e. The molecule has 0 spiro atoms. The number of phosphoric acid groups is 3. The van der Waals surface area contributed by atoms with E-state index in [2.05, 4.69) is 18.1 Å². The van der Waals surface area contributed by atoms with Crippen molar-refractivity contribution in [2.75, 3.05) is 13.2 Å². The Hall–Kier alpha value is -1.07. The molecule has 0 radical (unpaired) electrons. The Morgan fingerprint density at radius 3 is 2.22 bits per heavy atom. The molecule has 9 N–H and O–H groups in total. The Kier molecular flexibility index (Phi) is 10.9. The van der Waals surface area contributed by atoms with E-state index in [1.165, 1.54) is 4.57 Å². The average molecular weight is 583 g/mol. The van der Waals surface area contributed by atoms with Crippen LogP contribution in [-0.4, -0.2) is 70.8 Å². The number of aryl methyl sites for hydroxylation is 1. The SMILES string of the molecule is NCCCCCCn1cc([C@@H]2O[C@H](COP(=O)(O)OP(=O)(O)OP(=O)(O)O)[C@@H](O)[C@H]2O)c(=O)[nH]c1=O. The number of aliphatic hydroxyl groups excluding tert-OH is 2. The molecular weight excluding hydrogens is 555 g/mol. The van der Waals surface area contributed by atoms with Gasteiger partial charge in [0.1, 0.15) is 24.4 Å². The first-order valence-electron chi connectivity index (χ1n) is 10.4. The topological polar surface area (TPSA) is 290 Å². The summed E-state index contributed by atoms with van der Waals surface area (Å²) in [6.45, 7) is -0.281. The van der Waals surface area contributed by atoms with E-state index in [-0.39, 0.29) is 12.1 Å². The Balaban J connectivity index is 2.08. The van der Waals surface area contributed by atoms with Gasteiger partial charge in [0.2, 0.25) is 0 Å². The summed E-state index contributed by atoms with van der Waals surface area (Å²) in [4.78, 5) is 62.2. The molecule has 0 aliphatic carbocycles. The molecule has 1 aromatic rings. The second-order valence-electron chi connectivity index (χ2n) is 7.70. The Bertz CT molecular complexity index is 1150. The van der Waals surface area contributed by atoms with Gasteiger partial charge in [0, 0.05) is 12.7 Å². The molecule has 1 aromatic heterocycles. The van der Waals surface area contributed by atoms with Gasteiger partial charge in [0.15, 0.2) is 0 Å². The van der Waals surface area contributed by atoms with Gasteiger partial charge in [0.05, 0.1) is 12.2 Å². The van der Waals surface area contributed by atoms with Gasteiger partial charge >= 0.3 is 29.2 Å². The summed E-state index contributed by atoms with van der Waals surface area (Å²) in [6.07, 6.45) is -2.46. The summed E-state index contributed by atoms with van der Waals surface area (Å²) >= 11 is 0. The second-order valence-corrected chi connectivity index (χ2v) is 12.1. The fourth-order valence-corrected chi connectivity index (χ4v) is 6.32. The molecule has 36 heavy (non-hydrogen) atoms. The fraction of sp³-hybridized carbons (Fsp3) is 0.733. The number of nitrogens with zero attached hydrogens (tertiary/aromatic N) is 1. The van der Waals surface area contributed by atoms with Crippen molar-refractivity contribution in [1.29, 1.82) is 0 Å². The number of nitrogens with one attached hydrogen (secondary N) is 1. The van der Waals surface area contributed by atoms with Crippen LogP contribution in [0.1, 0.15) is 37.4 Å². The molecule has 2 rings (SSSR count). The molecular formula is C15H28N3O15P3. The molecule has 1 aliphatic rings. The predicted octanol–water partition coefficient (Wildman–Crippen LogP) is -1.44. The lowest BCUT2D eigenvalue weighted by atomic mass is 10.0. The van der Waals surface area contributed by atoms with Crippen LogP contribution in [0.25, 0.3) is 0 Å². The maximum Gasteiger partial charge on any atom is 0.490 e. The molecule has 0 aromatic carbocycles. The lowest BCUT2D eigenvalue weighted by Gasteiger charge is -2.19. The lowest BCUT2D eigenvalue weighted by Crippen LogP contribution is -2.36. The summed E-state index contributed by atoms with van der Waals surface area (Å²) < 4.78 is 52.0. The molecule has 1 saturated heterocycles. The highest BCUT2D eigenvalue weighted by molar-refractivity contribution is 7.66. The predicted molar refractivity (Wildman–Crippen MR) is 118 cm³/mol. The molecule has 21 heteroatoms. The first kappa shape index (κ1) is 31.1. The van der Waals surface area contributed by atoms with Crippen LogP contribution in [0.2, 0.25) is 0 Å². The number of hydrogen-bond acceptors (Lipinski definition) is 12. The monoisotopic (exact) mass is 583 g/mol. The number of phosphoric ester groups is 1. The Morgan fingerprint density at radius 1 is 0.972 bits per heavy atom. The number of aromatic amines is 1. The number of aromatic nitrogens is 2. The molecule has 0 bridgehead atoms. The first-order chi connectivity index (χ1) is 16.6. The van der Waals surface area contributed by atoms with Gasteiger partial charge in [-0.05, 0) is 19.4 Å². The van der Waals surface area contributed by atoms with E-state index in [0.29, 0.717) is 13.0 Å². The van der Waals surface area contributed by atoms with Crippen molar-refractivity contribution in [3.8, 4) is 0 Å². The number of aliphatic hydroxyl groups is 2. The minimum atomic E-state index is -5.75. The maximum absolute atomic E-state index is 12.3. The first-order valence-corrected chi connectivity index (χ1v) is 14.9. The number of ether oxygens (including phenoxy) is 1. The molecule has 0 saturated carbocycles. The van der Waals surface area contributed by atoms with E-state index in [0.717, 1.165) is 25.5 Å². The average Bonchev–Trinajstić information content (AvgIpc) is 2.99. The van der Waals surface area contributed by atoms with Crippen LogP contribution >= 0.6 is 23.5 Å². The summed E-state index contributed by atoms with van der Waals surface area (Å²) in [7, 11) is -16.8. The number of rotatable bonds is 14. The third kappa shape index (κ3) is 9.35. The highest BCUT2D eigenvalue weighted by Crippen LogP contribution is 2.66. The van der Waals surface area contributed by atoms with Crippen LogP contribution in [0.3, 0.4) is 0 Å². The van der Waals surface area contributed by atoms with E-state index >= 15 is 0 Å². The molecule has 0 amide bonds. The normalized spacial score (nSPS) is 26.0. The van der Waals surface area contributed by atoms with Crippen molar-refractivity contribution in [2.24, 2.45) is 5.73 Å². The van der Waals surface area contributed by atoms with Gasteiger partial charge in [-0.1, -0.05) is 12.8 Å². The largest absolute Gasteiger partial charge is 0.490 e. The quantitative estimate of drug-likeness (QED) is 0.0919. The van der Waals surface area contributed by atoms with Crippen molar-refractivity contribution in [3.63, 3.8) is 0 Å². The number of unbranched alkanes of at least 4 members (excludes halogenated alkanes) is 3. The van der Waals surface area contributed by atoms with Gasteiger partial charge < -0.3 is 44.8 Å². The van der Waals surface area contributed by atoms with E-state index in [9.17, 15) is 38.4 Å². The lowest BCUT2D eigenvalue weighted by molar-refractivity contribution is -0.0228. The molecule has 6 atom stereocenters. The molecule has 2 heterocycles. The zero-order valence-corrected chi connectivity index (χ0v) is 21.2. The third-order valence-electron chi connectivity index (χ3n) is 4.88. The minimum absolute atomic E-state index is 0.230. The van der Waals surface area contributed by atoms with Crippen LogP contribution in [0.5, 0.6) is 0 Å². The van der Waals surface area contributed by atoms with Crippen molar-refractivity contribution in [2.45, 2.75) is 56.6 Å². The zero-order chi connectivity index (χ0) is 27.3. The standard InChI is InChI=1S/C15H28N3O15P3/c16-5-3-1-2-4-6-18-7-9(14(21)17-15(18)22)13-12(20)11(19)10(31-13)8-30-35(26,27)33-36(28,29)32-34(23,24)25/h7,10-13,19-20H,1-6,8,16H2,(H,26,27)(H,28,29)(H,17,21,22)(H2,23,24,25)/t10-,11-,12-,13+/m1/s1. The minimum Gasteiger partial charge on any atom is -0.387 e. The second kappa shape index (κ2) is 12.7. The van der Waals surface area contributed by atoms with E-state index in [1.807, 2.05) is 0 Å². The van der Waals surface area contributed by atoms with Gasteiger partial charge in [-0.15, -0.1) is 0 Å². The van der Waals surface area contributed by atoms with Crippen LogP contribution in [0.4, 0.5) is 0 Å². The zero-order valence-electron chi connectivity index (χ0n) is 18.6. The number of H-pyrrole nitrogens is 1. The summed E-state index contributed by atoms with van der Waals surface area (Å²) in [5.41, 5.74) is 3.57. The van der Waals surface area contributed by atoms with Gasteiger partial charge in [-0.25, -0.2) is 18.5 Å². The highest BCUT2D eigenvalue weighted by Gasteiger charge is 2.47. The van der Waals surface area contributed by atoms with Gasteiger partial charge in [-0.2, -0.15) is 8.62 Å². The summed E-state index contributed by atoms with van der Waals surface area (Å²) in [5.74, 6) is 0. The Labute approximate surface area is 203 Å². The number of hydrogen-bond donors (Lipinski definition) is 8. The Morgan fingerprint density at radius 2 is 1.61 bits per heavy atom. The van der Waals surface area contributed by atoms with Crippen LogP contribution in [0.15, 0.2) is 15.8 Å². The fourth-order valence-electron chi connectivity index (χ4n) is 3.29. The third-order valence-corrected chi connectivity index (χ3v) is 8.68. The van der Waals surface area contributed by atoms with Crippen molar-refractivity contribution in [1.82, 2.24) is 9.55 Å². The number of nitrogens with two attached hydrogens (primary N) is 1. The molecule has 208 valence electrons. The van der Waals surface area contributed by atoms with E-state index in [1.54, 1.807) is 0 Å². The summed E-state index contributed by atoms with van der Waals surface area (Å²) in [5, 5.41) is 20.6. The van der Waals surface area contributed by atoms with Crippen molar-refractivity contribution in [3.05, 3.63) is 32.6 Å². The molecule has 18 nitrogen and oxygen atoms in total. The van der Waals surface area contributed by atoms with E-state index in [4.69, 9.17) is 25.2 Å². The van der Waals surface area contributed by atoms with Gasteiger partial charge in [-0.3, -0.25) is 14.3 Å². The van der Waals surface area contributed by atoms with Crippen molar-refractivity contribution >= 4 is 23.5 Å². The van der Waals surface area contributed by atoms with Crippen LogP contribution in [0, 0.1) is 0 Å². The van der Waals surface area contributed by atoms with Crippen LogP contribution in [-0.2, 0) is 38.1 Å². The van der Waals surface area contributed by atoms with Crippen molar-refractivity contribution < 1.29 is 61.4 Å². The highest BCUT2D eigenvalue weighted by atomic mass is 31.3. The maximum atomic E-state index is 12.3. The summed E-state index contributed by atoms with van der Waals surface area (Å²) in [6, 6.07) is 0. The molecule has 1 fully saturated rings. The van der Waals surface area contributed by atoms with E-state index < -0.39 is 65.7 Å². The van der Waals surface area contributed by atoms with Crippen LogP contribution < -0.4 is 17.0 Å². The molecule has 1 aliphatic heterocycles.